The Morgan fingerprint density at radius 1 is 1.07 bits per heavy atom. The standard InChI is InChI=1S/C22H18Cl2O3S/c1-14-3-7-20(17(23)11-14)27-13-16-12-15(5-8-19(16)26-2)4-6-18(25)21-9-10-22(24)28-21/h3-12H,13H2,1-2H3/b6-4+. The Morgan fingerprint density at radius 3 is 2.54 bits per heavy atom. The van der Waals surface area contributed by atoms with E-state index >= 15 is 0 Å². The van der Waals surface area contributed by atoms with Crippen LogP contribution in [0.2, 0.25) is 9.36 Å². The van der Waals surface area contributed by atoms with Crippen molar-refractivity contribution in [1.82, 2.24) is 0 Å². The number of carbonyl (C=O) groups excluding carboxylic acids is 1. The molecule has 3 rings (SSSR count). The van der Waals surface area contributed by atoms with E-state index in [1.165, 1.54) is 17.4 Å². The van der Waals surface area contributed by atoms with Crippen LogP contribution in [0.25, 0.3) is 6.08 Å². The normalized spacial score (nSPS) is 11.0. The minimum Gasteiger partial charge on any atom is -0.496 e. The summed E-state index contributed by atoms with van der Waals surface area (Å²) in [5.74, 6) is 1.23. The van der Waals surface area contributed by atoms with Gasteiger partial charge >= 0.3 is 0 Å². The lowest BCUT2D eigenvalue weighted by molar-refractivity contribution is 0.105. The van der Waals surface area contributed by atoms with Gasteiger partial charge in [-0.3, -0.25) is 4.79 Å². The molecule has 1 aromatic heterocycles. The molecule has 0 saturated heterocycles. The molecule has 0 bridgehead atoms. The van der Waals surface area contributed by atoms with E-state index in [9.17, 15) is 4.79 Å². The van der Waals surface area contributed by atoms with Gasteiger partial charge in [-0.25, -0.2) is 0 Å². The maximum absolute atomic E-state index is 12.2. The Labute approximate surface area is 178 Å². The number of methoxy groups -OCH3 is 1. The molecule has 0 N–H and O–H groups in total. The molecule has 0 spiro atoms. The second-order valence-corrected chi connectivity index (χ2v) is 8.22. The number of thiophene rings is 1. The average molecular weight is 433 g/mol. The molecule has 0 saturated carbocycles. The summed E-state index contributed by atoms with van der Waals surface area (Å²) in [6, 6.07) is 14.7. The predicted octanol–water partition coefficient (Wildman–Crippen LogP) is 6.85. The van der Waals surface area contributed by atoms with Gasteiger partial charge < -0.3 is 9.47 Å². The number of hydrogen-bond donors (Lipinski definition) is 0. The monoisotopic (exact) mass is 432 g/mol. The van der Waals surface area contributed by atoms with Crippen LogP contribution in [0.15, 0.2) is 54.6 Å². The van der Waals surface area contributed by atoms with Crippen molar-refractivity contribution >= 4 is 46.4 Å². The van der Waals surface area contributed by atoms with Gasteiger partial charge in [-0.1, -0.05) is 41.4 Å². The topological polar surface area (TPSA) is 35.5 Å². The van der Waals surface area contributed by atoms with E-state index in [-0.39, 0.29) is 5.78 Å². The summed E-state index contributed by atoms with van der Waals surface area (Å²) in [5, 5.41) is 0.565. The second-order valence-electron chi connectivity index (χ2n) is 6.10. The number of aryl methyl sites for hydroxylation is 1. The SMILES string of the molecule is COc1ccc(/C=C/C(=O)c2ccc(Cl)s2)cc1COc1ccc(C)cc1Cl. The highest BCUT2D eigenvalue weighted by Gasteiger charge is 2.08. The van der Waals surface area contributed by atoms with E-state index < -0.39 is 0 Å². The second kappa shape index (κ2) is 9.28. The number of hydrogen-bond acceptors (Lipinski definition) is 4. The van der Waals surface area contributed by atoms with E-state index in [0.717, 1.165) is 16.7 Å². The van der Waals surface area contributed by atoms with Gasteiger partial charge in [0.1, 0.15) is 18.1 Å². The Morgan fingerprint density at radius 2 is 1.86 bits per heavy atom. The fraction of sp³-hybridized carbons (Fsp3) is 0.136. The molecule has 0 radical (unpaired) electrons. The molecule has 0 fully saturated rings. The Bertz CT molecular complexity index is 1020. The summed E-state index contributed by atoms with van der Waals surface area (Å²) >= 11 is 13.4. The lowest BCUT2D eigenvalue weighted by Crippen LogP contribution is -2.00. The van der Waals surface area contributed by atoms with E-state index in [2.05, 4.69) is 0 Å². The number of ether oxygens (including phenoxy) is 2. The zero-order valence-corrected chi connectivity index (χ0v) is 17.7. The molecule has 144 valence electrons. The van der Waals surface area contributed by atoms with Gasteiger partial charge in [0.05, 0.1) is 21.3 Å². The molecule has 28 heavy (non-hydrogen) atoms. The minimum atomic E-state index is -0.0862. The van der Waals surface area contributed by atoms with Crippen LogP contribution >= 0.6 is 34.5 Å². The average Bonchev–Trinajstić information content (AvgIpc) is 3.12. The highest BCUT2D eigenvalue weighted by molar-refractivity contribution is 7.18. The molecule has 0 amide bonds. The van der Waals surface area contributed by atoms with E-state index in [1.54, 1.807) is 25.3 Å². The molecule has 2 aromatic carbocycles. The number of ketones is 1. The minimum absolute atomic E-state index is 0.0862. The molecule has 0 aliphatic rings. The van der Waals surface area contributed by atoms with Crippen molar-refractivity contribution in [2.24, 2.45) is 0 Å². The third-order valence-corrected chi connectivity index (χ3v) is 5.56. The number of rotatable bonds is 7. The molecular formula is C22H18Cl2O3S. The Balaban J connectivity index is 1.75. The molecule has 0 aliphatic heterocycles. The van der Waals surface area contributed by atoms with Crippen molar-refractivity contribution in [1.29, 1.82) is 0 Å². The van der Waals surface area contributed by atoms with E-state index in [4.69, 9.17) is 32.7 Å². The quantitative estimate of drug-likeness (QED) is 0.302. The summed E-state index contributed by atoms with van der Waals surface area (Å²) in [7, 11) is 1.61. The lowest BCUT2D eigenvalue weighted by atomic mass is 10.1. The van der Waals surface area contributed by atoms with Crippen molar-refractivity contribution in [2.45, 2.75) is 13.5 Å². The van der Waals surface area contributed by atoms with Crippen LogP contribution in [0.3, 0.4) is 0 Å². The van der Waals surface area contributed by atoms with Crippen molar-refractivity contribution in [3.63, 3.8) is 0 Å². The van der Waals surface area contributed by atoms with Crippen molar-refractivity contribution in [3.05, 3.63) is 85.5 Å². The number of carbonyl (C=O) groups is 1. The van der Waals surface area contributed by atoms with E-state index in [1.807, 2.05) is 43.3 Å². The molecular weight excluding hydrogens is 415 g/mol. The smallest absolute Gasteiger partial charge is 0.195 e. The zero-order chi connectivity index (χ0) is 20.1. The van der Waals surface area contributed by atoms with Gasteiger partial charge in [-0.05, 0) is 60.5 Å². The van der Waals surface area contributed by atoms with Gasteiger partial charge in [0.25, 0.3) is 0 Å². The first kappa shape index (κ1) is 20.5. The van der Waals surface area contributed by atoms with Gasteiger partial charge in [-0.2, -0.15) is 0 Å². The third kappa shape index (κ3) is 5.16. The van der Waals surface area contributed by atoms with Gasteiger partial charge in [0.2, 0.25) is 0 Å². The maximum Gasteiger partial charge on any atom is 0.195 e. The molecule has 0 unspecified atom stereocenters. The zero-order valence-electron chi connectivity index (χ0n) is 15.4. The maximum atomic E-state index is 12.2. The van der Waals surface area contributed by atoms with Crippen LogP contribution in [0.4, 0.5) is 0 Å². The van der Waals surface area contributed by atoms with Crippen molar-refractivity contribution < 1.29 is 14.3 Å². The number of benzene rings is 2. The Kier molecular flexibility index (Phi) is 6.79. The first-order chi connectivity index (χ1) is 13.5. The van der Waals surface area contributed by atoms with Crippen molar-refractivity contribution in [3.8, 4) is 11.5 Å². The van der Waals surface area contributed by atoms with Gasteiger partial charge in [0.15, 0.2) is 5.78 Å². The fourth-order valence-corrected chi connectivity index (χ4v) is 3.85. The molecule has 1 heterocycles. The molecule has 0 atom stereocenters. The molecule has 3 aromatic rings. The van der Waals surface area contributed by atoms with Crippen LogP contribution in [0, 0.1) is 6.92 Å². The summed E-state index contributed by atoms with van der Waals surface area (Å²) in [4.78, 5) is 12.8. The summed E-state index contributed by atoms with van der Waals surface area (Å²) in [6.45, 7) is 2.27. The highest BCUT2D eigenvalue weighted by Crippen LogP contribution is 2.28. The van der Waals surface area contributed by atoms with Crippen LogP contribution in [-0.2, 0) is 6.61 Å². The highest BCUT2D eigenvalue weighted by atomic mass is 35.5. The third-order valence-electron chi connectivity index (χ3n) is 4.02. The molecule has 6 heteroatoms. The Hall–Kier alpha value is -2.27. The first-order valence-corrected chi connectivity index (χ1v) is 10.1. The van der Waals surface area contributed by atoms with Crippen LogP contribution in [-0.4, -0.2) is 12.9 Å². The summed E-state index contributed by atoms with van der Waals surface area (Å²) in [5.41, 5.74) is 2.79. The van der Waals surface area contributed by atoms with Crippen LogP contribution in [0.1, 0.15) is 26.4 Å². The van der Waals surface area contributed by atoms with Crippen LogP contribution in [0.5, 0.6) is 11.5 Å². The molecule has 0 aliphatic carbocycles. The summed E-state index contributed by atoms with van der Waals surface area (Å²) < 4.78 is 11.9. The lowest BCUT2D eigenvalue weighted by Gasteiger charge is -2.12. The van der Waals surface area contributed by atoms with Gasteiger partial charge in [-0.15, -0.1) is 11.3 Å². The predicted molar refractivity (Wildman–Crippen MR) is 116 cm³/mol. The van der Waals surface area contributed by atoms with E-state index in [0.29, 0.717) is 32.3 Å². The largest absolute Gasteiger partial charge is 0.496 e. The summed E-state index contributed by atoms with van der Waals surface area (Å²) in [6.07, 6.45) is 3.29. The van der Waals surface area contributed by atoms with Gasteiger partial charge in [0, 0.05) is 5.56 Å². The first-order valence-electron chi connectivity index (χ1n) is 8.50. The van der Waals surface area contributed by atoms with Crippen molar-refractivity contribution in [2.75, 3.05) is 7.11 Å². The molecule has 3 nitrogen and oxygen atoms in total. The number of halogens is 2. The number of allylic oxidation sites excluding steroid dienone is 1. The fourth-order valence-electron chi connectivity index (χ4n) is 2.59. The van der Waals surface area contributed by atoms with Crippen LogP contribution < -0.4 is 9.47 Å².